The number of carbonyl (C=O) groups excluding carboxylic acids is 1. The van der Waals surface area contributed by atoms with Crippen LogP contribution in [0.2, 0.25) is 10.0 Å². The van der Waals surface area contributed by atoms with Crippen LogP contribution in [0.15, 0.2) is 42.5 Å². The minimum atomic E-state index is -0.437. The van der Waals surface area contributed by atoms with Crippen LogP contribution in [0.25, 0.3) is 0 Å². The molecule has 1 N–H and O–H groups in total. The van der Waals surface area contributed by atoms with E-state index >= 15 is 0 Å². The summed E-state index contributed by atoms with van der Waals surface area (Å²) < 4.78 is 13.4. The maximum absolute atomic E-state index is 13.4. The van der Waals surface area contributed by atoms with Crippen molar-refractivity contribution < 1.29 is 9.18 Å². The van der Waals surface area contributed by atoms with Gasteiger partial charge in [0, 0.05) is 11.6 Å². The number of amides is 1. The van der Waals surface area contributed by atoms with E-state index in [0.717, 1.165) is 29.8 Å². The number of hydrogen-bond acceptors (Lipinski definition) is 1. The molecule has 2 unspecified atom stereocenters. The Bertz CT molecular complexity index is 944. The molecule has 0 heterocycles. The third-order valence-corrected chi connectivity index (χ3v) is 7.98. The standard InChI is InChI=1S/C24H24Cl2FNO/c25-19-4-2-18(3-5-19)23-9-16-7-17(10-23)12-24(11-16,14-23)22(29)28-13-15-1-6-21(27)20(26)8-15/h1-6,8,16-17H,7,9-14H2,(H,28,29). The summed E-state index contributed by atoms with van der Waals surface area (Å²) in [6.45, 7) is 0.379. The fraction of sp³-hybridized carbons (Fsp3) is 0.458. The zero-order valence-electron chi connectivity index (χ0n) is 16.2. The van der Waals surface area contributed by atoms with E-state index < -0.39 is 5.82 Å². The minimum absolute atomic E-state index is 0.0885. The fourth-order valence-electron chi connectivity index (χ4n) is 6.69. The molecule has 4 saturated carbocycles. The fourth-order valence-corrected chi connectivity index (χ4v) is 7.02. The van der Waals surface area contributed by atoms with Crippen molar-refractivity contribution in [1.82, 2.24) is 5.32 Å². The molecule has 0 saturated heterocycles. The van der Waals surface area contributed by atoms with E-state index in [-0.39, 0.29) is 21.8 Å². The lowest BCUT2D eigenvalue weighted by Gasteiger charge is -2.61. The SMILES string of the molecule is O=C(NCc1ccc(F)c(Cl)c1)C12CC3CC(C1)CC(c1ccc(Cl)cc1)(C3)C2. The first-order chi connectivity index (χ1) is 13.9. The highest BCUT2D eigenvalue weighted by molar-refractivity contribution is 6.31. The molecule has 4 aliphatic carbocycles. The molecule has 2 aromatic rings. The zero-order valence-corrected chi connectivity index (χ0v) is 17.7. The van der Waals surface area contributed by atoms with Crippen molar-refractivity contribution in [3.05, 3.63) is 69.5 Å². The van der Waals surface area contributed by atoms with Gasteiger partial charge >= 0.3 is 0 Å². The van der Waals surface area contributed by atoms with Crippen LogP contribution >= 0.6 is 23.2 Å². The molecule has 2 atom stereocenters. The van der Waals surface area contributed by atoms with E-state index in [2.05, 4.69) is 17.4 Å². The van der Waals surface area contributed by atoms with E-state index in [1.54, 1.807) is 12.1 Å². The molecular weight excluding hydrogens is 408 g/mol. The highest BCUT2D eigenvalue weighted by atomic mass is 35.5. The molecule has 4 fully saturated rings. The molecule has 6 rings (SSSR count). The van der Waals surface area contributed by atoms with Crippen molar-refractivity contribution in [2.45, 2.75) is 50.5 Å². The molecule has 0 aromatic heterocycles. The van der Waals surface area contributed by atoms with Crippen molar-refractivity contribution >= 4 is 29.1 Å². The van der Waals surface area contributed by atoms with Gasteiger partial charge in [-0.3, -0.25) is 4.79 Å². The van der Waals surface area contributed by atoms with E-state index in [0.29, 0.717) is 18.4 Å². The molecule has 0 aliphatic heterocycles. The smallest absolute Gasteiger partial charge is 0.226 e. The second-order valence-corrected chi connectivity index (χ2v) is 10.3. The van der Waals surface area contributed by atoms with Crippen LogP contribution in [0.4, 0.5) is 4.39 Å². The molecule has 0 spiro atoms. The molecule has 4 aliphatic rings. The molecule has 0 radical (unpaired) electrons. The van der Waals surface area contributed by atoms with Gasteiger partial charge < -0.3 is 5.32 Å². The van der Waals surface area contributed by atoms with Gasteiger partial charge in [-0.1, -0.05) is 41.4 Å². The van der Waals surface area contributed by atoms with Gasteiger partial charge in [-0.15, -0.1) is 0 Å². The van der Waals surface area contributed by atoms with Gasteiger partial charge in [0.05, 0.1) is 10.4 Å². The maximum Gasteiger partial charge on any atom is 0.226 e. The Labute approximate surface area is 180 Å². The Kier molecular flexibility index (Phi) is 4.67. The number of carbonyl (C=O) groups is 1. The topological polar surface area (TPSA) is 29.1 Å². The summed E-state index contributed by atoms with van der Waals surface area (Å²) in [4.78, 5) is 13.4. The molecular formula is C24H24Cl2FNO. The Morgan fingerprint density at radius 3 is 2.38 bits per heavy atom. The van der Waals surface area contributed by atoms with Gasteiger partial charge in [-0.05, 0) is 91.2 Å². The number of nitrogens with one attached hydrogen (secondary N) is 1. The lowest BCUT2D eigenvalue weighted by molar-refractivity contribution is -0.149. The minimum Gasteiger partial charge on any atom is -0.352 e. The van der Waals surface area contributed by atoms with Crippen LogP contribution in [0, 0.1) is 23.1 Å². The molecule has 5 heteroatoms. The zero-order chi connectivity index (χ0) is 20.2. The first-order valence-corrected chi connectivity index (χ1v) is 11.1. The largest absolute Gasteiger partial charge is 0.352 e. The predicted molar refractivity (Wildman–Crippen MR) is 114 cm³/mol. The second-order valence-electron chi connectivity index (χ2n) is 9.46. The number of hydrogen-bond donors (Lipinski definition) is 1. The Hall–Kier alpha value is -1.58. The molecule has 1 amide bonds. The molecule has 29 heavy (non-hydrogen) atoms. The van der Waals surface area contributed by atoms with Gasteiger partial charge in [0.1, 0.15) is 5.82 Å². The van der Waals surface area contributed by atoms with Crippen molar-refractivity contribution in [2.75, 3.05) is 0 Å². The van der Waals surface area contributed by atoms with Crippen LogP contribution in [-0.4, -0.2) is 5.91 Å². The number of rotatable bonds is 4. The third kappa shape index (κ3) is 3.37. The van der Waals surface area contributed by atoms with E-state index in [1.165, 1.54) is 30.9 Å². The van der Waals surface area contributed by atoms with Crippen LogP contribution in [0.5, 0.6) is 0 Å². The summed E-state index contributed by atoms with van der Waals surface area (Å²) in [6, 6.07) is 12.9. The Morgan fingerprint density at radius 2 is 1.72 bits per heavy atom. The first kappa shape index (κ1) is 19.4. The van der Waals surface area contributed by atoms with Crippen LogP contribution in [-0.2, 0) is 16.8 Å². The maximum atomic E-state index is 13.4. The van der Waals surface area contributed by atoms with Gasteiger partial charge in [-0.2, -0.15) is 0 Å². The summed E-state index contributed by atoms with van der Waals surface area (Å²) in [5.74, 6) is 0.925. The highest BCUT2D eigenvalue weighted by Gasteiger charge is 2.60. The van der Waals surface area contributed by atoms with Crippen molar-refractivity contribution in [2.24, 2.45) is 17.3 Å². The van der Waals surface area contributed by atoms with Crippen molar-refractivity contribution in [3.8, 4) is 0 Å². The van der Waals surface area contributed by atoms with Crippen LogP contribution in [0.1, 0.15) is 49.7 Å². The lowest BCUT2D eigenvalue weighted by Crippen LogP contribution is -2.59. The molecule has 152 valence electrons. The highest BCUT2D eigenvalue weighted by Crippen LogP contribution is 2.65. The van der Waals surface area contributed by atoms with E-state index in [4.69, 9.17) is 23.2 Å². The van der Waals surface area contributed by atoms with Crippen LogP contribution in [0.3, 0.4) is 0 Å². The number of halogens is 3. The van der Waals surface area contributed by atoms with Gasteiger partial charge in [0.25, 0.3) is 0 Å². The third-order valence-electron chi connectivity index (χ3n) is 7.44. The summed E-state index contributed by atoms with van der Waals surface area (Å²) in [5, 5.41) is 3.98. The molecule has 2 aromatic carbocycles. The summed E-state index contributed by atoms with van der Waals surface area (Å²) in [7, 11) is 0. The van der Waals surface area contributed by atoms with Crippen molar-refractivity contribution in [1.29, 1.82) is 0 Å². The Morgan fingerprint density at radius 1 is 1.03 bits per heavy atom. The number of benzene rings is 2. The molecule has 2 nitrogen and oxygen atoms in total. The van der Waals surface area contributed by atoms with Gasteiger partial charge in [0.15, 0.2) is 0 Å². The quantitative estimate of drug-likeness (QED) is 0.605. The average Bonchev–Trinajstić information content (AvgIpc) is 2.68. The van der Waals surface area contributed by atoms with E-state index in [1.807, 2.05) is 12.1 Å². The predicted octanol–water partition coefficient (Wildman–Crippen LogP) is 6.29. The second kappa shape index (κ2) is 6.99. The lowest BCUT2D eigenvalue weighted by atomic mass is 9.42. The monoisotopic (exact) mass is 431 g/mol. The van der Waals surface area contributed by atoms with Crippen LogP contribution < -0.4 is 5.32 Å². The summed E-state index contributed by atoms with van der Waals surface area (Å²) in [6.07, 6.45) is 6.47. The Balaban J connectivity index is 1.38. The van der Waals surface area contributed by atoms with Crippen molar-refractivity contribution in [3.63, 3.8) is 0 Å². The summed E-state index contributed by atoms with van der Waals surface area (Å²) in [5.41, 5.74) is 1.94. The summed E-state index contributed by atoms with van der Waals surface area (Å²) >= 11 is 12.0. The molecule has 4 bridgehead atoms. The van der Waals surface area contributed by atoms with E-state index in [9.17, 15) is 9.18 Å². The van der Waals surface area contributed by atoms with Gasteiger partial charge in [-0.25, -0.2) is 4.39 Å². The van der Waals surface area contributed by atoms with Gasteiger partial charge in [0.2, 0.25) is 5.91 Å². The average molecular weight is 432 g/mol. The first-order valence-electron chi connectivity index (χ1n) is 10.4. The normalized spacial score (nSPS) is 32.4.